The molecule has 2 N–H and O–H groups in total. The molecule has 0 spiro atoms. The first-order valence-corrected chi connectivity index (χ1v) is 4.25. The summed E-state index contributed by atoms with van der Waals surface area (Å²) in [5, 5.41) is 18.1. The molecule has 1 aliphatic rings. The minimum Gasteiger partial charge on any atom is -0.394 e. The van der Waals surface area contributed by atoms with Gasteiger partial charge >= 0.3 is 0 Å². The second-order valence-electron chi connectivity index (χ2n) is 3.29. The molecule has 3 nitrogen and oxygen atoms in total. The highest BCUT2D eigenvalue weighted by Crippen LogP contribution is 2.17. The number of piperidine rings is 1. The van der Waals surface area contributed by atoms with E-state index in [4.69, 9.17) is 5.11 Å². The fourth-order valence-electron chi connectivity index (χ4n) is 1.71. The van der Waals surface area contributed by atoms with E-state index in [1.807, 2.05) is 7.05 Å². The Morgan fingerprint density at radius 3 is 2.82 bits per heavy atom. The molecule has 1 rings (SSSR count). The lowest BCUT2D eigenvalue weighted by atomic mass is 9.98. The van der Waals surface area contributed by atoms with Crippen molar-refractivity contribution in [1.82, 2.24) is 4.90 Å². The first kappa shape index (κ1) is 8.97. The molecule has 0 saturated carbocycles. The lowest BCUT2D eigenvalue weighted by Crippen LogP contribution is -2.45. The first-order valence-electron chi connectivity index (χ1n) is 4.25. The van der Waals surface area contributed by atoms with Crippen LogP contribution < -0.4 is 0 Å². The molecule has 1 heterocycles. The summed E-state index contributed by atoms with van der Waals surface area (Å²) in [6, 6.07) is 0.175. The fourth-order valence-corrected chi connectivity index (χ4v) is 1.71. The molecule has 0 aromatic rings. The van der Waals surface area contributed by atoms with Crippen molar-refractivity contribution in [3.05, 3.63) is 0 Å². The number of likely N-dealkylation sites (tertiary alicyclic amines) is 1. The minimum absolute atomic E-state index is 0.116. The van der Waals surface area contributed by atoms with Crippen LogP contribution in [-0.2, 0) is 0 Å². The van der Waals surface area contributed by atoms with Crippen molar-refractivity contribution in [1.29, 1.82) is 0 Å². The fraction of sp³-hybridized carbons (Fsp3) is 1.00. The van der Waals surface area contributed by atoms with Crippen LogP contribution >= 0.6 is 0 Å². The van der Waals surface area contributed by atoms with Crippen molar-refractivity contribution in [3.8, 4) is 0 Å². The van der Waals surface area contributed by atoms with Crippen molar-refractivity contribution in [3.63, 3.8) is 0 Å². The van der Waals surface area contributed by atoms with Crippen LogP contribution in [0, 0.1) is 0 Å². The smallest absolute Gasteiger partial charge is 0.0925 e. The normalized spacial score (nSPS) is 30.3. The van der Waals surface area contributed by atoms with Gasteiger partial charge in [-0.1, -0.05) is 6.42 Å². The van der Waals surface area contributed by atoms with Crippen LogP contribution in [0.4, 0.5) is 0 Å². The van der Waals surface area contributed by atoms with Gasteiger partial charge in [0.15, 0.2) is 0 Å². The molecule has 0 aliphatic carbocycles. The number of likely N-dealkylation sites (N-methyl/N-ethyl adjacent to an activating group) is 1. The molecule has 11 heavy (non-hydrogen) atoms. The Balaban J connectivity index is 2.40. The SMILES string of the molecule is CN1CCCC[C@@H]1[C@@H](O)CO. The van der Waals surface area contributed by atoms with Crippen molar-refractivity contribution in [2.45, 2.75) is 31.4 Å². The zero-order valence-corrected chi connectivity index (χ0v) is 7.03. The van der Waals surface area contributed by atoms with Gasteiger partial charge in [0.05, 0.1) is 12.7 Å². The van der Waals surface area contributed by atoms with E-state index in [0.717, 1.165) is 13.0 Å². The van der Waals surface area contributed by atoms with Crippen LogP contribution in [0.3, 0.4) is 0 Å². The Kier molecular flexibility index (Phi) is 3.30. The predicted molar refractivity (Wildman–Crippen MR) is 43.4 cm³/mol. The Morgan fingerprint density at radius 1 is 1.55 bits per heavy atom. The van der Waals surface area contributed by atoms with Crippen LogP contribution in [0.1, 0.15) is 19.3 Å². The first-order chi connectivity index (χ1) is 5.25. The molecule has 0 unspecified atom stereocenters. The van der Waals surface area contributed by atoms with E-state index in [9.17, 15) is 5.11 Å². The van der Waals surface area contributed by atoms with Gasteiger partial charge in [-0.15, -0.1) is 0 Å². The van der Waals surface area contributed by atoms with Crippen molar-refractivity contribution in [2.24, 2.45) is 0 Å². The number of aliphatic hydroxyl groups excluding tert-OH is 2. The number of hydrogen-bond acceptors (Lipinski definition) is 3. The number of aliphatic hydroxyl groups is 2. The molecule has 2 atom stereocenters. The Bertz CT molecular complexity index is 115. The average Bonchev–Trinajstić information content (AvgIpc) is 2.04. The topological polar surface area (TPSA) is 43.7 Å². The van der Waals surface area contributed by atoms with E-state index < -0.39 is 6.10 Å². The lowest BCUT2D eigenvalue weighted by molar-refractivity contribution is 0.00497. The standard InChI is InChI=1S/C8H17NO2/c1-9-5-3-2-4-7(9)8(11)6-10/h7-8,10-11H,2-6H2,1H3/t7-,8+/m1/s1. The molecule has 0 amide bonds. The third-order valence-electron chi connectivity index (χ3n) is 2.46. The molecular formula is C8H17NO2. The zero-order chi connectivity index (χ0) is 8.27. The van der Waals surface area contributed by atoms with E-state index in [1.54, 1.807) is 0 Å². The predicted octanol–water partition coefficient (Wildman–Crippen LogP) is -0.176. The van der Waals surface area contributed by atoms with Gasteiger partial charge in [-0.05, 0) is 26.4 Å². The highest BCUT2D eigenvalue weighted by Gasteiger charge is 2.24. The molecular weight excluding hydrogens is 142 g/mol. The maximum Gasteiger partial charge on any atom is 0.0925 e. The summed E-state index contributed by atoms with van der Waals surface area (Å²) >= 11 is 0. The van der Waals surface area contributed by atoms with Gasteiger partial charge in [0, 0.05) is 6.04 Å². The Hall–Kier alpha value is -0.120. The van der Waals surface area contributed by atoms with Gasteiger partial charge in [-0.2, -0.15) is 0 Å². The molecule has 3 heteroatoms. The largest absolute Gasteiger partial charge is 0.394 e. The summed E-state index contributed by atoms with van der Waals surface area (Å²) in [5.41, 5.74) is 0. The third kappa shape index (κ3) is 2.15. The third-order valence-corrected chi connectivity index (χ3v) is 2.46. The van der Waals surface area contributed by atoms with Crippen LogP contribution in [0.15, 0.2) is 0 Å². The average molecular weight is 159 g/mol. The summed E-state index contributed by atoms with van der Waals surface area (Å²) in [7, 11) is 2.00. The van der Waals surface area contributed by atoms with E-state index >= 15 is 0 Å². The number of hydrogen-bond donors (Lipinski definition) is 2. The molecule has 1 aliphatic heterocycles. The number of rotatable bonds is 2. The molecule has 0 aromatic carbocycles. The maximum absolute atomic E-state index is 9.36. The Labute approximate surface area is 67.6 Å². The number of nitrogens with zero attached hydrogens (tertiary/aromatic N) is 1. The van der Waals surface area contributed by atoms with Gasteiger partial charge in [-0.3, -0.25) is 0 Å². The van der Waals surface area contributed by atoms with E-state index in [2.05, 4.69) is 4.90 Å². The molecule has 0 aromatic heterocycles. The van der Waals surface area contributed by atoms with Gasteiger partial charge in [-0.25, -0.2) is 0 Å². The minimum atomic E-state index is -0.555. The van der Waals surface area contributed by atoms with Gasteiger partial charge in [0.1, 0.15) is 0 Å². The molecule has 0 radical (unpaired) electrons. The van der Waals surface area contributed by atoms with Gasteiger partial charge < -0.3 is 15.1 Å². The van der Waals surface area contributed by atoms with E-state index in [0.29, 0.717) is 0 Å². The molecule has 1 fully saturated rings. The van der Waals surface area contributed by atoms with Crippen LogP contribution in [0.25, 0.3) is 0 Å². The van der Waals surface area contributed by atoms with Crippen LogP contribution in [-0.4, -0.2) is 47.5 Å². The second kappa shape index (κ2) is 4.04. The molecule has 66 valence electrons. The van der Waals surface area contributed by atoms with Crippen molar-refractivity contribution < 1.29 is 10.2 Å². The summed E-state index contributed by atoms with van der Waals surface area (Å²) in [6.07, 6.45) is 2.84. The summed E-state index contributed by atoms with van der Waals surface area (Å²) < 4.78 is 0. The van der Waals surface area contributed by atoms with Gasteiger partial charge in [0.25, 0.3) is 0 Å². The quantitative estimate of drug-likeness (QED) is 0.587. The van der Waals surface area contributed by atoms with Crippen molar-refractivity contribution >= 4 is 0 Å². The van der Waals surface area contributed by atoms with Crippen LogP contribution in [0.2, 0.25) is 0 Å². The van der Waals surface area contributed by atoms with Crippen LogP contribution in [0.5, 0.6) is 0 Å². The maximum atomic E-state index is 9.36. The van der Waals surface area contributed by atoms with Gasteiger partial charge in [0.2, 0.25) is 0 Å². The zero-order valence-electron chi connectivity index (χ0n) is 7.03. The monoisotopic (exact) mass is 159 g/mol. The van der Waals surface area contributed by atoms with E-state index in [1.165, 1.54) is 12.8 Å². The van der Waals surface area contributed by atoms with E-state index in [-0.39, 0.29) is 12.6 Å². The molecule has 1 saturated heterocycles. The second-order valence-corrected chi connectivity index (χ2v) is 3.29. The highest BCUT2D eigenvalue weighted by molar-refractivity contribution is 4.80. The highest BCUT2D eigenvalue weighted by atomic mass is 16.3. The lowest BCUT2D eigenvalue weighted by Gasteiger charge is -2.34. The summed E-state index contributed by atoms with van der Waals surface area (Å²) in [4.78, 5) is 2.13. The summed E-state index contributed by atoms with van der Waals surface area (Å²) in [5.74, 6) is 0. The van der Waals surface area contributed by atoms with Crippen molar-refractivity contribution in [2.75, 3.05) is 20.2 Å². The Morgan fingerprint density at radius 2 is 2.27 bits per heavy atom. The summed E-state index contributed by atoms with van der Waals surface area (Å²) in [6.45, 7) is 0.927. The molecule has 0 bridgehead atoms.